The van der Waals surface area contributed by atoms with Gasteiger partial charge in [-0.05, 0) is 54.6 Å². The van der Waals surface area contributed by atoms with E-state index in [1.165, 1.54) is 11.2 Å². The first-order valence-electron chi connectivity index (χ1n) is 11.4. The van der Waals surface area contributed by atoms with E-state index in [0.717, 1.165) is 22.3 Å². The smallest absolute Gasteiger partial charge is 0.300 e. The topological polar surface area (TPSA) is 98.6 Å². The van der Waals surface area contributed by atoms with Crippen LogP contribution in [0.2, 0.25) is 0 Å². The number of aliphatic hydroxyl groups excluding tert-OH is 1. The first-order valence-corrected chi connectivity index (χ1v) is 11.4. The van der Waals surface area contributed by atoms with E-state index in [9.17, 15) is 14.7 Å². The van der Waals surface area contributed by atoms with Crippen molar-refractivity contribution in [2.24, 2.45) is 0 Å². The lowest BCUT2D eigenvalue weighted by Crippen LogP contribution is -2.29. The lowest BCUT2D eigenvalue weighted by Gasteiger charge is -2.23. The number of furan rings is 1. The summed E-state index contributed by atoms with van der Waals surface area (Å²) in [6.45, 7) is 0. The fourth-order valence-corrected chi connectivity index (χ4v) is 4.62. The van der Waals surface area contributed by atoms with Gasteiger partial charge >= 0.3 is 0 Å². The molecule has 1 fully saturated rings. The summed E-state index contributed by atoms with van der Waals surface area (Å²) in [5.74, 6) is -1.38. The zero-order valence-corrected chi connectivity index (χ0v) is 19.0. The standard InChI is InChI=1S/C29H21N3O4/c33-27(22-17-30-23-10-5-4-9-21(22)23)25-26(24-11-6-16-36-24)32(29(35)28(25)34)20-14-12-19(13-15-20)31-18-7-2-1-3-8-18/h1-17,26,30-31,33H/b27-25-. The lowest BCUT2D eigenvalue weighted by atomic mass is 9.99. The summed E-state index contributed by atoms with van der Waals surface area (Å²) in [6, 6.07) is 26.8. The first-order chi connectivity index (χ1) is 17.6. The number of carbonyl (C=O) groups excluding carboxylic acids is 2. The quantitative estimate of drug-likeness (QED) is 0.161. The van der Waals surface area contributed by atoms with Gasteiger partial charge in [-0.15, -0.1) is 0 Å². The van der Waals surface area contributed by atoms with Gasteiger partial charge in [-0.25, -0.2) is 0 Å². The van der Waals surface area contributed by atoms with Gasteiger partial charge < -0.3 is 19.8 Å². The molecule has 5 aromatic rings. The molecule has 176 valence electrons. The number of Topliss-reactive ketones (excluding diaryl/α,β-unsaturated/α-hetero) is 1. The maximum atomic E-state index is 13.3. The van der Waals surface area contributed by atoms with Crippen molar-refractivity contribution in [1.29, 1.82) is 0 Å². The van der Waals surface area contributed by atoms with Crippen molar-refractivity contribution in [3.8, 4) is 0 Å². The number of ketones is 1. The van der Waals surface area contributed by atoms with Gasteiger partial charge in [-0.1, -0.05) is 36.4 Å². The van der Waals surface area contributed by atoms with E-state index in [0.29, 0.717) is 17.0 Å². The summed E-state index contributed by atoms with van der Waals surface area (Å²) < 4.78 is 5.64. The minimum absolute atomic E-state index is 0.0220. The Hall–Kier alpha value is -5.04. The zero-order valence-electron chi connectivity index (χ0n) is 19.0. The fraction of sp³-hybridized carbons (Fsp3) is 0.0345. The van der Waals surface area contributed by atoms with Crippen molar-refractivity contribution in [1.82, 2.24) is 4.98 Å². The molecule has 1 unspecified atom stereocenters. The molecule has 2 aromatic heterocycles. The third kappa shape index (κ3) is 3.54. The fourth-order valence-electron chi connectivity index (χ4n) is 4.62. The van der Waals surface area contributed by atoms with Crippen LogP contribution in [0.25, 0.3) is 16.7 Å². The number of fused-ring (bicyclic) bond motifs is 1. The number of rotatable bonds is 5. The second-order valence-electron chi connectivity index (χ2n) is 8.47. The minimum Gasteiger partial charge on any atom is -0.507 e. The van der Waals surface area contributed by atoms with E-state index in [1.54, 1.807) is 30.5 Å². The molecular weight excluding hydrogens is 454 g/mol. The molecule has 1 saturated heterocycles. The lowest BCUT2D eigenvalue weighted by molar-refractivity contribution is -0.132. The van der Waals surface area contributed by atoms with E-state index in [4.69, 9.17) is 4.42 Å². The highest BCUT2D eigenvalue weighted by Gasteiger charge is 2.48. The highest BCUT2D eigenvalue weighted by molar-refractivity contribution is 6.51. The van der Waals surface area contributed by atoms with Crippen LogP contribution in [0.4, 0.5) is 17.1 Å². The van der Waals surface area contributed by atoms with Crippen LogP contribution < -0.4 is 10.2 Å². The van der Waals surface area contributed by atoms with Gasteiger partial charge in [-0.2, -0.15) is 0 Å². The predicted molar refractivity (Wildman–Crippen MR) is 138 cm³/mol. The van der Waals surface area contributed by atoms with Crippen LogP contribution in [0, 0.1) is 0 Å². The van der Waals surface area contributed by atoms with Gasteiger partial charge in [-0.3, -0.25) is 14.5 Å². The third-order valence-electron chi connectivity index (χ3n) is 6.31. The van der Waals surface area contributed by atoms with Gasteiger partial charge in [0.1, 0.15) is 17.6 Å². The van der Waals surface area contributed by atoms with E-state index >= 15 is 0 Å². The Morgan fingerprint density at radius 1 is 0.861 bits per heavy atom. The van der Waals surface area contributed by atoms with Crippen LogP contribution in [-0.4, -0.2) is 21.8 Å². The molecule has 3 N–H and O–H groups in total. The number of nitrogens with one attached hydrogen (secondary N) is 2. The molecule has 0 spiro atoms. The van der Waals surface area contributed by atoms with Gasteiger partial charge in [0.25, 0.3) is 11.7 Å². The normalized spacial score (nSPS) is 17.1. The highest BCUT2D eigenvalue weighted by atomic mass is 16.3. The first kappa shape index (κ1) is 21.5. The van der Waals surface area contributed by atoms with Gasteiger partial charge in [0, 0.05) is 39.7 Å². The summed E-state index contributed by atoms with van der Waals surface area (Å²) in [5.41, 5.74) is 3.50. The van der Waals surface area contributed by atoms with E-state index < -0.39 is 17.7 Å². The summed E-state index contributed by atoms with van der Waals surface area (Å²) in [4.78, 5) is 31.1. The molecule has 3 heterocycles. The molecule has 1 aliphatic rings. The third-order valence-corrected chi connectivity index (χ3v) is 6.31. The molecule has 7 nitrogen and oxygen atoms in total. The SMILES string of the molecule is O=C1C(=O)N(c2ccc(Nc3ccccc3)cc2)C(c2ccco2)/C1=C(/O)c1c[nH]c2ccccc12. The molecule has 0 aliphatic carbocycles. The Morgan fingerprint density at radius 2 is 1.58 bits per heavy atom. The van der Waals surface area contributed by atoms with Crippen molar-refractivity contribution in [2.45, 2.75) is 6.04 Å². The number of H-pyrrole nitrogens is 1. The number of anilines is 3. The second-order valence-corrected chi connectivity index (χ2v) is 8.47. The monoisotopic (exact) mass is 475 g/mol. The number of hydrogen-bond acceptors (Lipinski definition) is 5. The van der Waals surface area contributed by atoms with Crippen LogP contribution in [0.5, 0.6) is 0 Å². The average molecular weight is 476 g/mol. The molecule has 0 saturated carbocycles. The van der Waals surface area contributed by atoms with Gasteiger partial charge in [0.15, 0.2) is 0 Å². The number of carbonyl (C=O) groups is 2. The second kappa shape index (κ2) is 8.63. The van der Waals surface area contributed by atoms with Gasteiger partial charge in [0.05, 0.1) is 11.8 Å². The molecule has 1 amide bonds. The van der Waals surface area contributed by atoms with Crippen molar-refractivity contribution < 1.29 is 19.1 Å². The van der Waals surface area contributed by atoms with Crippen LogP contribution >= 0.6 is 0 Å². The zero-order chi connectivity index (χ0) is 24.6. The average Bonchev–Trinajstić information content (AvgIpc) is 3.64. The number of aromatic amines is 1. The number of aliphatic hydroxyl groups is 1. The molecule has 0 bridgehead atoms. The molecular formula is C29H21N3O4. The minimum atomic E-state index is -0.915. The maximum absolute atomic E-state index is 13.3. The van der Waals surface area contributed by atoms with Gasteiger partial charge in [0.2, 0.25) is 0 Å². The summed E-state index contributed by atoms with van der Waals surface area (Å²) in [7, 11) is 0. The Morgan fingerprint density at radius 3 is 2.33 bits per heavy atom. The number of hydrogen-bond donors (Lipinski definition) is 3. The number of benzene rings is 3. The maximum Gasteiger partial charge on any atom is 0.300 e. The molecule has 0 radical (unpaired) electrons. The highest BCUT2D eigenvalue weighted by Crippen LogP contribution is 2.43. The Bertz CT molecular complexity index is 1600. The van der Waals surface area contributed by atoms with Crippen LogP contribution in [-0.2, 0) is 9.59 Å². The number of nitrogens with zero attached hydrogens (tertiary/aromatic N) is 1. The van der Waals surface area contributed by atoms with Crippen molar-refractivity contribution in [2.75, 3.05) is 10.2 Å². The summed E-state index contributed by atoms with van der Waals surface area (Å²) in [6.07, 6.45) is 3.12. The van der Waals surface area contributed by atoms with E-state index in [2.05, 4.69) is 10.3 Å². The van der Waals surface area contributed by atoms with Crippen molar-refractivity contribution >= 4 is 45.4 Å². The molecule has 3 aromatic carbocycles. The number of amides is 1. The largest absolute Gasteiger partial charge is 0.507 e. The summed E-state index contributed by atoms with van der Waals surface area (Å²) >= 11 is 0. The Labute approximate surface area is 206 Å². The Kier molecular flexibility index (Phi) is 5.15. The Balaban J connectivity index is 1.43. The number of aromatic nitrogens is 1. The summed E-state index contributed by atoms with van der Waals surface area (Å²) in [5, 5.41) is 15.4. The molecule has 1 aliphatic heterocycles. The van der Waals surface area contributed by atoms with Crippen molar-refractivity contribution in [3.05, 3.63) is 120 Å². The molecule has 36 heavy (non-hydrogen) atoms. The molecule has 7 heteroatoms. The van der Waals surface area contributed by atoms with E-state index in [1.807, 2.05) is 66.7 Å². The van der Waals surface area contributed by atoms with E-state index in [-0.39, 0.29) is 11.3 Å². The van der Waals surface area contributed by atoms with Crippen LogP contribution in [0.15, 0.2) is 113 Å². The number of para-hydroxylation sites is 2. The van der Waals surface area contributed by atoms with Crippen LogP contribution in [0.3, 0.4) is 0 Å². The van der Waals surface area contributed by atoms with Crippen LogP contribution in [0.1, 0.15) is 17.4 Å². The van der Waals surface area contributed by atoms with Crippen molar-refractivity contribution in [3.63, 3.8) is 0 Å². The predicted octanol–water partition coefficient (Wildman–Crippen LogP) is 6.13. The molecule has 6 rings (SSSR count). The molecule has 1 atom stereocenters.